The number of amides is 1. The molecule has 0 N–H and O–H groups in total. The molecule has 1 rings (SSSR count). The minimum Gasteiger partial charge on any atom is -0.345 e. The van der Waals surface area contributed by atoms with Crippen molar-refractivity contribution >= 4 is 6.41 Å². The van der Waals surface area contributed by atoms with E-state index in [4.69, 9.17) is 0 Å². The highest BCUT2D eigenvalue weighted by Gasteiger charge is 2.18. The number of carbonyl (C=O) groups excluding carboxylic acids is 1. The highest BCUT2D eigenvalue weighted by atomic mass is 16.1. The van der Waals surface area contributed by atoms with Crippen LogP contribution in [0.5, 0.6) is 0 Å². The fourth-order valence-corrected chi connectivity index (χ4v) is 1.51. The van der Waals surface area contributed by atoms with E-state index in [1.54, 1.807) is 0 Å². The van der Waals surface area contributed by atoms with Gasteiger partial charge in [-0.3, -0.25) is 4.79 Å². The molecule has 0 aromatic carbocycles. The maximum Gasteiger partial charge on any atom is 0.209 e. The molecule has 0 saturated carbocycles. The topological polar surface area (TPSA) is 23.6 Å². The van der Waals surface area contributed by atoms with Gasteiger partial charge in [-0.05, 0) is 26.9 Å². The van der Waals surface area contributed by atoms with Crippen LogP contribution in [0, 0.1) is 0 Å². The third-order valence-electron chi connectivity index (χ3n) is 2.38. The van der Waals surface area contributed by atoms with E-state index in [9.17, 15) is 4.79 Å². The van der Waals surface area contributed by atoms with Crippen LogP contribution in [0.15, 0.2) is 0 Å². The van der Waals surface area contributed by atoms with Crippen LogP contribution in [-0.4, -0.2) is 49.4 Å². The summed E-state index contributed by atoms with van der Waals surface area (Å²) in [4.78, 5) is 14.4. The van der Waals surface area contributed by atoms with Crippen molar-refractivity contribution in [3.63, 3.8) is 0 Å². The summed E-state index contributed by atoms with van der Waals surface area (Å²) in [6, 6.07) is 0.672. The minimum atomic E-state index is 0.672. The number of likely N-dealkylation sites (tertiary alicyclic amines) is 1. The zero-order chi connectivity index (χ0) is 8.27. The second kappa shape index (κ2) is 3.72. The maximum absolute atomic E-state index is 10.3. The third kappa shape index (κ3) is 2.19. The van der Waals surface area contributed by atoms with Crippen molar-refractivity contribution in [3.05, 3.63) is 0 Å². The summed E-state index contributed by atoms with van der Waals surface area (Å²) in [5, 5.41) is 0. The highest BCUT2D eigenvalue weighted by molar-refractivity contribution is 5.47. The molecule has 1 fully saturated rings. The predicted molar refractivity (Wildman–Crippen MR) is 44.3 cm³/mol. The molecule has 0 unspecified atom stereocenters. The first-order chi connectivity index (χ1) is 5.24. The average molecular weight is 156 g/mol. The summed E-state index contributed by atoms with van der Waals surface area (Å²) in [6.07, 6.45) is 3.18. The first-order valence-corrected chi connectivity index (χ1v) is 4.10. The Morgan fingerprint density at radius 2 is 1.91 bits per heavy atom. The van der Waals surface area contributed by atoms with Gasteiger partial charge in [0.25, 0.3) is 0 Å². The largest absolute Gasteiger partial charge is 0.345 e. The average Bonchev–Trinajstić information content (AvgIpc) is 2.05. The molecule has 64 valence electrons. The smallest absolute Gasteiger partial charge is 0.209 e. The van der Waals surface area contributed by atoms with Gasteiger partial charge in [-0.25, -0.2) is 0 Å². The van der Waals surface area contributed by atoms with Gasteiger partial charge in [0.05, 0.1) is 0 Å². The molecule has 0 bridgehead atoms. The van der Waals surface area contributed by atoms with Gasteiger partial charge in [0.2, 0.25) is 6.41 Å². The van der Waals surface area contributed by atoms with Gasteiger partial charge in [-0.15, -0.1) is 0 Å². The van der Waals surface area contributed by atoms with Gasteiger partial charge < -0.3 is 9.80 Å². The fraction of sp³-hybridized carbons (Fsp3) is 0.875. The number of nitrogens with zero attached hydrogens (tertiary/aromatic N) is 2. The monoisotopic (exact) mass is 156 g/mol. The Labute approximate surface area is 68.0 Å². The van der Waals surface area contributed by atoms with E-state index in [1.165, 1.54) is 0 Å². The lowest BCUT2D eigenvalue weighted by Gasteiger charge is -2.33. The number of piperidine rings is 1. The highest BCUT2D eigenvalue weighted by Crippen LogP contribution is 2.12. The van der Waals surface area contributed by atoms with Gasteiger partial charge in [0, 0.05) is 19.1 Å². The molecule has 1 amide bonds. The first kappa shape index (κ1) is 8.53. The van der Waals surface area contributed by atoms with Crippen LogP contribution < -0.4 is 0 Å². The normalized spacial score (nSPS) is 20.8. The fourth-order valence-electron chi connectivity index (χ4n) is 1.51. The van der Waals surface area contributed by atoms with E-state index in [2.05, 4.69) is 19.0 Å². The molecule has 1 heterocycles. The summed E-state index contributed by atoms with van der Waals surface area (Å²) < 4.78 is 0. The standard InChI is InChI=1S/C8H16N2O/c1-9(2)8-3-5-10(7-11)6-4-8/h7-8H,3-6H2,1-2H3. The maximum atomic E-state index is 10.3. The number of hydrogen-bond acceptors (Lipinski definition) is 2. The van der Waals surface area contributed by atoms with Crippen molar-refractivity contribution in [2.75, 3.05) is 27.2 Å². The van der Waals surface area contributed by atoms with Crippen molar-refractivity contribution in [1.29, 1.82) is 0 Å². The van der Waals surface area contributed by atoms with Gasteiger partial charge in [0.1, 0.15) is 0 Å². The molecular weight excluding hydrogens is 140 g/mol. The Kier molecular flexibility index (Phi) is 2.88. The summed E-state index contributed by atoms with van der Waals surface area (Å²) in [5.74, 6) is 0. The first-order valence-electron chi connectivity index (χ1n) is 4.10. The Balaban J connectivity index is 2.29. The minimum absolute atomic E-state index is 0.672. The van der Waals surface area contributed by atoms with Crippen molar-refractivity contribution in [1.82, 2.24) is 9.80 Å². The van der Waals surface area contributed by atoms with Crippen LogP contribution in [0.2, 0.25) is 0 Å². The van der Waals surface area contributed by atoms with E-state index >= 15 is 0 Å². The Morgan fingerprint density at radius 1 is 1.36 bits per heavy atom. The summed E-state index contributed by atoms with van der Waals surface area (Å²) in [6.45, 7) is 1.85. The van der Waals surface area contributed by atoms with E-state index in [1.807, 2.05) is 4.90 Å². The molecule has 0 aromatic heterocycles. The SMILES string of the molecule is CN(C)C1CCN(C=O)CC1. The summed E-state index contributed by atoms with van der Waals surface area (Å²) >= 11 is 0. The van der Waals surface area contributed by atoms with E-state index in [-0.39, 0.29) is 0 Å². The molecule has 0 aliphatic carbocycles. The van der Waals surface area contributed by atoms with E-state index in [0.29, 0.717) is 6.04 Å². The van der Waals surface area contributed by atoms with E-state index in [0.717, 1.165) is 32.3 Å². The molecule has 0 radical (unpaired) electrons. The van der Waals surface area contributed by atoms with Crippen LogP contribution >= 0.6 is 0 Å². The Hall–Kier alpha value is -0.570. The Morgan fingerprint density at radius 3 is 2.27 bits per heavy atom. The molecule has 0 aromatic rings. The summed E-state index contributed by atoms with van der Waals surface area (Å²) in [7, 11) is 4.20. The molecule has 1 aliphatic heterocycles. The van der Waals surface area contributed by atoms with Crippen molar-refractivity contribution in [3.8, 4) is 0 Å². The number of carbonyl (C=O) groups is 1. The predicted octanol–water partition coefficient (Wildman–Crippen LogP) is 0.169. The molecule has 0 spiro atoms. The van der Waals surface area contributed by atoms with Crippen molar-refractivity contribution in [2.24, 2.45) is 0 Å². The number of rotatable bonds is 2. The van der Waals surface area contributed by atoms with Crippen molar-refractivity contribution < 1.29 is 4.79 Å². The zero-order valence-electron chi connectivity index (χ0n) is 7.29. The molecule has 3 heteroatoms. The molecule has 1 aliphatic rings. The van der Waals surface area contributed by atoms with Crippen LogP contribution in [-0.2, 0) is 4.79 Å². The van der Waals surface area contributed by atoms with Crippen LogP contribution in [0.1, 0.15) is 12.8 Å². The number of hydrogen-bond donors (Lipinski definition) is 0. The van der Waals surface area contributed by atoms with Crippen LogP contribution in [0.25, 0.3) is 0 Å². The van der Waals surface area contributed by atoms with E-state index < -0.39 is 0 Å². The van der Waals surface area contributed by atoms with Crippen LogP contribution in [0.3, 0.4) is 0 Å². The van der Waals surface area contributed by atoms with Gasteiger partial charge >= 0.3 is 0 Å². The van der Waals surface area contributed by atoms with Crippen LogP contribution in [0.4, 0.5) is 0 Å². The second-order valence-electron chi connectivity index (χ2n) is 3.34. The van der Waals surface area contributed by atoms with Crippen molar-refractivity contribution in [2.45, 2.75) is 18.9 Å². The Bertz CT molecular complexity index is 128. The van der Waals surface area contributed by atoms with Gasteiger partial charge in [0.15, 0.2) is 0 Å². The quantitative estimate of drug-likeness (QED) is 0.532. The molecule has 11 heavy (non-hydrogen) atoms. The van der Waals surface area contributed by atoms with Gasteiger partial charge in [-0.2, -0.15) is 0 Å². The lowest BCUT2D eigenvalue weighted by atomic mass is 10.1. The lowest BCUT2D eigenvalue weighted by molar-refractivity contribution is -0.119. The molecular formula is C8H16N2O. The molecule has 1 saturated heterocycles. The third-order valence-corrected chi connectivity index (χ3v) is 2.38. The summed E-state index contributed by atoms with van der Waals surface area (Å²) in [5.41, 5.74) is 0. The zero-order valence-corrected chi connectivity index (χ0v) is 7.29. The second-order valence-corrected chi connectivity index (χ2v) is 3.34. The molecule has 3 nitrogen and oxygen atoms in total. The molecule has 0 atom stereocenters. The van der Waals surface area contributed by atoms with Gasteiger partial charge in [-0.1, -0.05) is 0 Å². The lowest BCUT2D eigenvalue weighted by Crippen LogP contribution is -2.41.